The minimum atomic E-state index is -0.249. The number of hydrogen-bond donors (Lipinski definition) is 1. The number of nitrogens with zero attached hydrogens (tertiary/aromatic N) is 2. The van der Waals surface area contributed by atoms with E-state index < -0.39 is 0 Å². The molecular formula is C25H27N3O4. The lowest BCUT2D eigenvalue weighted by molar-refractivity contribution is -0.134. The molecule has 1 aliphatic rings. The number of hydrogen-bond acceptors (Lipinski definition) is 5. The third kappa shape index (κ3) is 6.44. The van der Waals surface area contributed by atoms with Crippen LogP contribution in [0.3, 0.4) is 0 Å². The molecule has 0 bridgehead atoms. The summed E-state index contributed by atoms with van der Waals surface area (Å²) in [5, 5.41) is 6.76. The van der Waals surface area contributed by atoms with Crippen LogP contribution in [0.5, 0.6) is 5.75 Å². The first-order valence-electron chi connectivity index (χ1n) is 10.9. The number of aromatic nitrogens is 1. The van der Waals surface area contributed by atoms with Crippen LogP contribution < -0.4 is 10.1 Å². The number of para-hydroxylation sites is 1. The van der Waals surface area contributed by atoms with Gasteiger partial charge in [-0.05, 0) is 42.9 Å². The van der Waals surface area contributed by atoms with E-state index in [-0.39, 0.29) is 30.7 Å². The van der Waals surface area contributed by atoms with Crippen LogP contribution >= 0.6 is 0 Å². The van der Waals surface area contributed by atoms with Gasteiger partial charge in [-0.3, -0.25) is 9.59 Å². The normalized spacial score (nSPS) is 12.9. The Bertz CT molecular complexity index is 1020. The number of rotatable bonds is 11. The number of nitrogens with one attached hydrogen (secondary N) is 1. The van der Waals surface area contributed by atoms with Crippen molar-refractivity contribution in [3.63, 3.8) is 0 Å². The van der Waals surface area contributed by atoms with Crippen LogP contribution in [0.1, 0.15) is 34.7 Å². The Balaban J connectivity index is 1.38. The lowest BCUT2D eigenvalue weighted by Crippen LogP contribution is -2.36. The summed E-state index contributed by atoms with van der Waals surface area (Å²) in [5.41, 5.74) is 1.36. The molecule has 0 radical (unpaired) electrons. The summed E-state index contributed by atoms with van der Waals surface area (Å²) in [6, 6.07) is 20.8. The highest BCUT2D eigenvalue weighted by atomic mass is 16.5. The molecule has 2 aromatic carbocycles. The van der Waals surface area contributed by atoms with Crippen molar-refractivity contribution in [2.75, 3.05) is 19.7 Å². The second-order valence-electron chi connectivity index (χ2n) is 7.98. The second kappa shape index (κ2) is 10.6. The third-order valence-corrected chi connectivity index (χ3v) is 5.36. The molecule has 1 saturated carbocycles. The molecule has 0 atom stereocenters. The summed E-state index contributed by atoms with van der Waals surface area (Å²) in [4.78, 5) is 26.8. The summed E-state index contributed by atoms with van der Waals surface area (Å²) < 4.78 is 11.0. The largest absolute Gasteiger partial charge is 0.484 e. The Kier molecular flexibility index (Phi) is 7.17. The van der Waals surface area contributed by atoms with E-state index in [4.69, 9.17) is 9.26 Å². The summed E-state index contributed by atoms with van der Waals surface area (Å²) in [5.74, 6) is 1.27. The lowest BCUT2D eigenvalue weighted by Gasteiger charge is -2.21. The fraction of sp³-hybridized carbons (Fsp3) is 0.320. The quantitative estimate of drug-likeness (QED) is 0.501. The first kappa shape index (κ1) is 21.6. The van der Waals surface area contributed by atoms with E-state index in [2.05, 4.69) is 10.5 Å². The van der Waals surface area contributed by atoms with Gasteiger partial charge in [-0.15, -0.1) is 0 Å². The Labute approximate surface area is 187 Å². The first-order valence-corrected chi connectivity index (χ1v) is 10.9. The minimum absolute atomic E-state index is 0.0817. The molecule has 4 rings (SSSR count). The molecule has 0 aliphatic heterocycles. The zero-order chi connectivity index (χ0) is 22.2. The highest BCUT2D eigenvalue weighted by Gasteiger charge is 2.23. The molecule has 32 heavy (non-hydrogen) atoms. The van der Waals surface area contributed by atoms with Gasteiger partial charge in [-0.25, -0.2) is 0 Å². The summed E-state index contributed by atoms with van der Waals surface area (Å²) in [6.07, 6.45) is 3.02. The standard InChI is InChI=1S/C25H27N3O4/c29-24(18-31-21-9-5-2-6-10-21)28(14-13-19-7-3-1-4-8-19)17-22-15-23(27-32-22)25(30)26-16-20-11-12-20/h1-10,15,20H,11-14,16-18H2,(H,26,30). The van der Waals surface area contributed by atoms with Crippen LogP contribution in [0.15, 0.2) is 71.3 Å². The van der Waals surface area contributed by atoms with Gasteiger partial charge in [-0.2, -0.15) is 0 Å². The fourth-order valence-corrected chi connectivity index (χ4v) is 3.29. The molecule has 7 heteroatoms. The number of carbonyl (C=O) groups excluding carboxylic acids is 2. The van der Waals surface area contributed by atoms with E-state index in [9.17, 15) is 9.59 Å². The van der Waals surface area contributed by atoms with Crippen LogP contribution in [-0.4, -0.2) is 41.6 Å². The van der Waals surface area contributed by atoms with Gasteiger partial charge in [0.15, 0.2) is 18.1 Å². The Morgan fingerprint density at radius 1 is 1.06 bits per heavy atom. The molecule has 7 nitrogen and oxygen atoms in total. The second-order valence-corrected chi connectivity index (χ2v) is 7.98. The molecule has 1 aliphatic carbocycles. The van der Waals surface area contributed by atoms with Gasteiger partial charge in [0.05, 0.1) is 6.54 Å². The molecule has 0 unspecified atom stereocenters. The molecule has 2 amide bonds. The van der Waals surface area contributed by atoms with Gasteiger partial charge < -0.3 is 19.5 Å². The third-order valence-electron chi connectivity index (χ3n) is 5.36. The highest BCUT2D eigenvalue weighted by Crippen LogP contribution is 2.27. The zero-order valence-corrected chi connectivity index (χ0v) is 17.9. The van der Waals surface area contributed by atoms with Gasteiger partial charge in [0.1, 0.15) is 5.75 Å². The summed E-state index contributed by atoms with van der Waals surface area (Å²) in [7, 11) is 0. The summed E-state index contributed by atoms with van der Waals surface area (Å²) in [6.45, 7) is 1.29. The van der Waals surface area contributed by atoms with Crippen LogP contribution in [0.4, 0.5) is 0 Å². The predicted molar refractivity (Wildman–Crippen MR) is 119 cm³/mol. The van der Waals surface area contributed by atoms with Gasteiger partial charge in [0, 0.05) is 19.2 Å². The average molecular weight is 434 g/mol. The molecule has 3 aromatic rings. The highest BCUT2D eigenvalue weighted by molar-refractivity contribution is 5.92. The van der Waals surface area contributed by atoms with E-state index in [1.165, 1.54) is 0 Å². The van der Waals surface area contributed by atoms with Crippen LogP contribution in [-0.2, 0) is 17.8 Å². The number of benzene rings is 2. The van der Waals surface area contributed by atoms with E-state index in [0.717, 1.165) is 18.4 Å². The molecular weight excluding hydrogens is 406 g/mol. The Morgan fingerprint density at radius 2 is 1.78 bits per heavy atom. The van der Waals surface area contributed by atoms with Crippen LogP contribution in [0.25, 0.3) is 0 Å². The number of carbonyl (C=O) groups is 2. The van der Waals surface area contributed by atoms with Gasteiger partial charge in [-0.1, -0.05) is 53.7 Å². The molecule has 1 aromatic heterocycles. The zero-order valence-electron chi connectivity index (χ0n) is 17.9. The minimum Gasteiger partial charge on any atom is -0.484 e. The number of ether oxygens (including phenoxy) is 1. The van der Waals surface area contributed by atoms with Gasteiger partial charge >= 0.3 is 0 Å². The van der Waals surface area contributed by atoms with Gasteiger partial charge in [0.2, 0.25) is 0 Å². The monoisotopic (exact) mass is 433 g/mol. The lowest BCUT2D eigenvalue weighted by atomic mass is 10.1. The van der Waals surface area contributed by atoms with E-state index >= 15 is 0 Å². The van der Waals surface area contributed by atoms with Crippen molar-refractivity contribution < 1.29 is 18.8 Å². The predicted octanol–water partition coefficient (Wildman–Crippen LogP) is 3.46. The van der Waals surface area contributed by atoms with Crippen LogP contribution in [0, 0.1) is 5.92 Å². The average Bonchev–Trinajstić information content (AvgIpc) is 3.55. The molecule has 1 fully saturated rings. The van der Waals surface area contributed by atoms with E-state index in [0.29, 0.717) is 36.9 Å². The maximum absolute atomic E-state index is 12.9. The number of amides is 2. The van der Waals surface area contributed by atoms with Crippen molar-refractivity contribution in [1.29, 1.82) is 0 Å². The van der Waals surface area contributed by atoms with Crippen molar-refractivity contribution in [2.24, 2.45) is 5.92 Å². The molecule has 166 valence electrons. The van der Waals surface area contributed by atoms with Crippen molar-refractivity contribution in [2.45, 2.75) is 25.8 Å². The van der Waals surface area contributed by atoms with Crippen LogP contribution in [0.2, 0.25) is 0 Å². The maximum atomic E-state index is 12.9. The molecule has 1 heterocycles. The maximum Gasteiger partial charge on any atom is 0.273 e. The first-order chi connectivity index (χ1) is 15.7. The van der Waals surface area contributed by atoms with Crippen molar-refractivity contribution in [3.05, 3.63) is 83.7 Å². The van der Waals surface area contributed by atoms with E-state index in [1.807, 2.05) is 60.7 Å². The van der Waals surface area contributed by atoms with Crippen molar-refractivity contribution >= 4 is 11.8 Å². The molecule has 0 spiro atoms. The smallest absolute Gasteiger partial charge is 0.273 e. The Morgan fingerprint density at radius 3 is 2.50 bits per heavy atom. The molecule has 1 N–H and O–H groups in total. The van der Waals surface area contributed by atoms with Gasteiger partial charge in [0.25, 0.3) is 11.8 Å². The van der Waals surface area contributed by atoms with Crippen molar-refractivity contribution in [1.82, 2.24) is 15.4 Å². The van der Waals surface area contributed by atoms with E-state index in [1.54, 1.807) is 11.0 Å². The fourth-order valence-electron chi connectivity index (χ4n) is 3.29. The van der Waals surface area contributed by atoms with Crippen molar-refractivity contribution in [3.8, 4) is 5.75 Å². The SMILES string of the molecule is O=C(NCC1CC1)c1cc(CN(CCc2ccccc2)C(=O)COc2ccccc2)on1. The summed E-state index contributed by atoms with van der Waals surface area (Å²) >= 11 is 0. The topological polar surface area (TPSA) is 84.7 Å². The Hall–Kier alpha value is -3.61. The molecule has 0 saturated heterocycles.